The van der Waals surface area contributed by atoms with Gasteiger partial charge in [-0.25, -0.2) is 4.79 Å². The van der Waals surface area contributed by atoms with Crippen LogP contribution in [0.2, 0.25) is 0 Å². The van der Waals surface area contributed by atoms with Crippen LogP contribution in [-0.2, 0) is 19.0 Å². The minimum atomic E-state index is -0.873. The fraction of sp³-hybridized carbons (Fsp3) is 0.619. The lowest BCUT2D eigenvalue weighted by Crippen LogP contribution is -2.66. The van der Waals surface area contributed by atoms with Gasteiger partial charge in [-0.3, -0.25) is 9.69 Å². The standard InChI is InChI=1S/C21H29N3O7/c1-28-14-5-3-13(4-6-14)22-21(27)23-16-15-11-30-20(31-15)17(18(16)25)24-9-7-12(8-10-24)19(26)29-2/h3-6,12,15-18,20,25H,7-11H2,1-2H3,(H2,22,23,27)/t15-,16-,17-,18+,20-/m1/s1. The lowest BCUT2D eigenvalue weighted by Gasteiger charge is -2.45. The van der Waals surface area contributed by atoms with E-state index in [1.165, 1.54) is 7.11 Å². The maximum atomic E-state index is 12.6. The molecular weight excluding hydrogens is 406 g/mol. The molecule has 10 heteroatoms. The number of nitrogens with one attached hydrogen (secondary N) is 2. The summed E-state index contributed by atoms with van der Waals surface area (Å²) >= 11 is 0. The Labute approximate surface area is 180 Å². The summed E-state index contributed by atoms with van der Waals surface area (Å²) in [5.41, 5.74) is 0.603. The van der Waals surface area contributed by atoms with Crippen molar-refractivity contribution in [2.24, 2.45) is 5.92 Å². The van der Waals surface area contributed by atoms with Gasteiger partial charge in [0.15, 0.2) is 6.29 Å². The van der Waals surface area contributed by atoms with Crippen molar-refractivity contribution in [3.63, 3.8) is 0 Å². The molecule has 31 heavy (non-hydrogen) atoms. The number of fused-ring (bicyclic) bond motifs is 2. The van der Waals surface area contributed by atoms with E-state index in [1.807, 2.05) is 0 Å². The molecule has 1 aromatic rings. The molecule has 4 rings (SSSR count). The molecule has 2 amide bonds. The van der Waals surface area contributed by atoms with Gasteiger partial charge in [-0.05, 0) is 50.2 Å². The third-order valence-electron chi connectivity index (χ3n) is 6.26. The van der Waals surface area contributed by atoms with Gasteiger partial charge in [0, 0.05) is 5.69 Å². The third kappa shape index (κ3) is 4.62. The van der Waals surface area contributed by atoms with Crippen molar-refractivity contribution < 1.29 is 33.6 Å². The molecule has 3 N–H and O–H groups in total. The first-order valence-electron chi connectivity index (χ1n) is 10.5. The highest BCUT2D eigenvalue weighted by Crippen LogP contribution is 2.33. The van der Waals surface area contributed by atoms with Crippen LogP contribution in [0.4, 0.5) is 10.5 Å². The highest BCUT2D eigenvalue weighted by molar-refractivity contribution is 5.89. The largest absolute Gasteiger partial charge is 0.497 e. The van der Waals surface area contributed by atoms with E-state index in [1.54, 1.807) is 31.4 Å². The van der Waals surface area contributed by atoms with Gasteiger partial charge in [0.25, 0.3) is 0 Å². The zero-order valence-corrected chi connectivity index (χ0v) is 17.7. The van der Waals surface area contributed by atoms with Crippen LogP contribution in [0, 0.1) is 5.92 Å². The quantitative estimate of drug-likeness (QED) is 0.574. The number of rotatable bonds is 5. The van der Waals surface area contributed by atoms with E-state index in [-0.39, 0.29) is 11.9 Å². The predicted molar refractivity (Wildman–Crippen MR) is 110 cm³/mol. The smallest absolute Gasteiger partial charge is 0.319 e. The van der Waals surface area contributed by atoms with Gasteiger partial charge in [0.1, 0.15) is 11.9 Å². The lowest BCUT2D eigenvalue weighted by atomic mass is 9.91. The second kappa shape index (κ2) is 9.39. The van der Waals surface area contributed by atoms with Crippen LogP contribution in [0.15, 0.2) is 24.3 Å². The topological polar surface area (TPSA) is 119 Å². The lowest BCUT2D eigenvalue weighted by molar-refractivity contribution is -0.185. The van der Waals surface area contributed by atoms with Crippen molar-refractivity contribution in [1.29, 1.82) is 0 Å². The first-order chi connectivity index (χ1) is 15.0. The number of piperidine rings is 1. The summed E-state index contributed by atoms with van der Waals surface area (Å²) in [6, 6.07) is 5.47. The molecule has 3 saturated heterocycles. The Balaban J connectivity index is 1.38. The van der Waals surface area contributed by atoms with Gasteiger partial charge in [-0.1, -0.05) is 0 Å². The SMILES string of the molecule is COC(=O)C1CCN([C@H]2[C@@H]3OC[C@@H](O3)[C@@H](NC(=O)Nc3ccc(OC)cc3)[C@@H]2O)CC1. The maximum absolute atomic E-state index is 12.6. The summed E-state index contributed by atoms with van der Waals surface area (Å²) in [6.45, 7) is 1.52. The van der Waals surface area contributed by atoms with Gasteiger partial charge >= 0.3 is 12.0 Å². The molecule has 3 aliphatic heterocycles. The van der Waals surface area contributed by atoms with E-state index in [0.717, 1.165) is 0 Å². The number of anilines is 1. The van der Waals surface area contributed by atoms with E-state index < -0.39 is 36.6 Å². The zero-order valence-electron chi connectivity index (χ0n) is 17.7. The molecule has 3 aliphatic rings. The summed E-state index contributed by atoms with van der Waals surface area (Å²) in [5, 5.41) is 16.7. The highest BCUT2D eigenvalue weighted by Gasteiger charge is 2.53. The van der Waals surface area contributed by atoms with Crippen LogP contribution in [0.25, 0.3) is 0 Å². The Hall–Kier alpha value is -2.40. The fourth-order valence-electron chi connectivity index (χ4n) is 4.56. The Morgan fingerprint density at radius 2 is 1.87 bits per heavy atom. The molecule has 0 unspecified atom stereocenters. The number of aliphatic hydroxyl groups is 1. The molecule has 0 radical (unpaired) electrons. The van der Waals surface area contributed by atoms with Crippen molar-refractivity contribution >= 4 is 17.7 Å². The van der Waals surface area contributed by atoms with Crippen LogP contribution < -0.4 is 15.4 Å². The number of hydrogen-bond acceptors (Lipinski definition) is 8. The number of aliphatic hydroxyl groups excluding tert-OH is 1. The van der Waals surface area contributed by atoms with E-state index in [2.05, 4.69) is 15.5 Å². The number of carbonyl (C=O) groups excluding carboxylic acids is 2. The summed E-state index contributed by atoms with van der Waals surface area (Å²) in [4.78, 5) is 26.4. The number of hydrogen-bond donors (Lipinski definition) is 3. The summed E-state index contributed by atoms with van der Waals surface area (Å²) < 4.78 is 21.7. The molecule has 0 saturated carbocycles. The number of methoxy groups -OCH3 is 2. The first-order valence-corrected chi connectivity index (χ1v) is 10.5. The van der Waals surface area contributed by atoms with Crippen LogP contribution in [0.3, 0.4) is 0 Å². The Morgan fingerprint density at radius 3 is 2.52 bits per heavy atom. The average molecular weight is 435 g/mol. The Bertz CT molecular complexity index is 782. The fourth-order valence-corrected chi connectivity index (χ4v) is 4.56. The molecule has 5 atom stereocenters. The number of ether oxygens (including phenoxy) is 4. The average Bonchev–Trinajstić information content (AvgIpc) is 3.22. The monoisotopic (exact) mass is 435 g/mol. The molecule has 2 bridgehead atoms. The van der Waals surface area contributed by atoms with Gasteiger partial charge in [0.05, 0.1) is 44.9 Å². The summed E-state index contributed by atoms with van der Waals surface area (Å²) in [6.07, 6.45) is -0.574. The van der Waals surface area contributed by atoms with Crippen LogP contribution >= 0.6 is 0 Å². The first kappa shape index (κ1) is 21.8. The van der Waals surface area contributed by atoms with Crippen molar-refractivity contribution in [3.8, 4) is 5.75 Å². The van der Waals surface area contributed by atoms with Gasteiger partial charge in [0.2, 0.25) is 0 Å². The zero-order chi connectivity index (χ0) is 22.0. The van der Waals surface area contributed by atoms with Crippen LogP contribution in [0.1, 0.15) is 12.8 Å². The normalized spacial score (nSPS) is 31.1. The molecule has 0 aromatic heterocycles. The van der Waals surface area contributed by atoms with E-state index in [4.69, 9.17) is 18.9 Å². The number of amides is 2. The third-order valence-corrected chi connectivity index (χ3v) is 6.26. The number of nitrogens with zero attached hydrogens (tertiary/aromatic N) is 1. The number of likely N-dealkylation sites (tertiary alicyclic amines) is 1. The number of carbonyl (C=O) groups is 2. The van der Waals surface area contributed by atoms with E-state index in [0.29, 0.717) is 44.0 Å². The van der Waals surface area contributed by atoms with Crippen molar-refractivity contribution in [3.05, 3.63) is 24.3 Å². The molecule has 3 heterocycles. The van der Waals surface area contributed by atoms with Crippen molar-refractivity contribution in [2.45, 2.75) is 43.4 Å². The number of esters is 1. The van der Waals surface area contributed by atoms with Crippen LogP contribution in [-0.4, -0.2) is 86.5 Å². The molecule has 0 spiro atoms. The molecule has 0 aliphatic carbocycles. The molecular formula is C21H29N3O7. The second-order valence-electron chi connectivity index (χ2n) is 8.04. The Kier molecular flexibility index (Phi) is 6.61. The van der Waals surface area contributed by atoms with Gasteiger partial charge < -0.3 is 34.7 Å². The summed E-state index contributed by atoms with van der Waals surface area (Å²) in [7, 11) is 2.97. The molecule has 1 aromatic carbocycles. The van der Waals surface area contributed by atoms with E-state index >= 15 is 0 Å². The summed E-state index contributed by atoms with van der Waals surface area (Å²) in [5.74, 6) is 0.353. The van der Waals surface area contributed by atoms with Gasteiger partial charge in [-0.15, -0.1) is 0 Å². The second-order valence-corrected chi connectivity index (χ2v) is 8.04. The molecule has 10 nitrogen and oxygen atoms in total. The highest BCUT2D eigenvalue weighted by atomic mass is 16.7. The minimum Gasteiger partial charge on any atom is -0.497 e. The van der Waals surface area contributed by atoms with Crippen molar-refractivity contribution in [2.75, 3.05) is 39.2 Å². The predicted octanol–water partition coefficient (Wildman–Crippen LogP) is 0.555. The molecule has 3 fully saturated rings. The number of urea groups is 1. The van der Waals surface area contributed by atoms with Crippen molar-refractivity contribution in [1.82, 2.24) is 10.2 Å². The molecule has 170 valence electrons. The Morgan fingerprint density at radius 1 is 1.16 bits per heavy atom. The van der Waals surface area contributed by atoms with Crippen LogP contribution in [0.5, 0.6) is 5.75 Å². The maximum Gasteiger partial charge on any atom is 0.319 e. The van der Waals surface area contributed by atoms with E-state index in [9.17, 15) is 14.7 Å². The number of benzene rings is 1. The van der Waals surface area contributed by atoms with Gasteiger partial charge in [-0.2, -0.15) is 0 Å². The minimum absolute atomic E-state index is 0.135.